The summed E-state index contributed by atoms with van der Waals surface area (Å²) in [6.45, 7) is 0. The number of aromatic nitrogens is 1. The highest BCUT2D eigenvalue weighted by Crippen LogP contribution is 2.44. The average molecular weight is 561 g/mol. The summed E-state index contributed by atoms with van der Waals surface area (Å²) in [7, 11) is 0. The molecule has 0 unspecified atom stereocenters. The fraction of sp³-hybridized carbons (Fsp3) is 0. The van der Waals surface area contributed by atoms with E-state index in [0.717, 1.165) is 22.7 Å². The second kappa shape index (κ2) is 9.86. The third kappa shape index (κ3) is 3.75. The Hall–Kier alpha value is -5.86. The van der Waals surface area contributed by atoms with Gasteiger partial charge in [0.15, 0.2) is 0 Å². The van der Waals surface area contributed by atoms with Gasteiger partial charge in [0.1, 0.15) is 0 Å². The molecule has 8 aromatic carbocycles. The van der Waals surface area contributed by atoms with Gasteiger partial charge in [0.2, 0.25) is 0 Å². The van der Waals surface area contributed by atoms with Crippen molar-refractivity contribution >= 4 is 71.2 Å². The van der Waals surface area contributed by atoms with E-state index in [0.29, 0.717) is 0 Å². The second-order valence-corrected chi connectivity index (χ2v) is 11.4. The number of fused-ring (bicyclic) bond motifs is 8. The first kappa shape index (κ1) is 24.7. The monoisotopic (exact) mass is 560 g/mol. The molecule has 0 radical (unpaired) electrons. The summed E-state index contributed by atoms with van der Waals surface area (Å²) >= 11 is 0. The van der Waals surface area contributed by atoms with Gasteiger partial charge in [-0.2, -0.15) is 0 Å². The fourth-order valence-corrected chi connectivity index (χ4v) is 7.02. The molecule has 0 aliphatic carbocycles. The van der Waals surface area contributed by atoms with Crippen LogP contribution in [0.2, 0.25) is 0 Å². The fourth-order valence-electron chi connectivity index (χ4n) is 7.02. The number of anilines is 3. The van der Waals surface area contributed by atoms with Crippen LogP contribution in [0.5, 0.6) is 0 Å². The van der Waals surface area contributed by atoms with Crippen LogP contribution in [0.1, 0.15) is 0 Å². The number of hydrogen-bond donors (Lipinski definition) is 0. The molecular weight excluding hydrogens is 532 g/mol. The van der Waals surface area contributed by atoms with Crippen LogP contribution in [0.3, 0.4) is 0 Å². The number of rotatable bonds is 4. The van der Waals surface area contributed by atoms with Gasteiger partial charge in [0, 0.05) is 33.2 Å². The molecule has 44 heavy (non-hydrogen) atoms. The first-order valence-electron chi connectivity index (χ1n) is 15.1. The van der Waals surface area contributed by atoms with Gasteiger partial charge in [0.05, 0.1) is 16.7 Å². The van der Waals surface area contributed by atoms with Crippen molar-refractivity contribution in [3.63, 3.8) is 0 Å². The summed E-state index contributed by atoms with van der Waals surface area (Å²) in [6.07, 6.45) is 0. The van der Waals surface area contributed by atoms with E-state index in [4.69, 9.17) is 0 Å². The molecule has 2 nitrogen and oxygen atoms in total. The first-order valence-corrected chi connectivity index (χ1v) is 15.1. The van der Waals surface area contributed by atoms with Crippen molar-refractivity contribution < 1.29 is 0 Å². The molecule has 0 saturated heterocycles. The van der Waals surface area contributed by atoms with Crippen molar-refractivity contribution in [2.75, 3.05) is 4.90 Å². The zero-order valence-corrected chi connectivity index (χ0v) is 24.1. The Labute approximate surface area is 255 Å². The van der Waals surface area contributed by atoms with Crippen LogP contribution in [-0.2, 0) is 0 Å². The molecule has 0 atom stereocenters. The van der Waals surface area contributed by atoms with Gasteiger partial charge in [-0.3, -0.25) is 0 Å². The van der Waals surface area contributed by atoms with E-state index < -0.39 is 0 Å². The van der Waals surface area contributed by atoms with Gasteiger partial charge in [-0.15, -0.1) is 0 Å². The summed E-state index contributed by atoms with van der Waals surface area (Å²) in [5.74, 6) is 0. The van der Waals surface area contributed by atoms with Gasteiger partial charge in [-0.05, 0) is 75.5 Å². The molecule has 2 heteroatoms. The number of benzene rings is 8. The molecule has 206 valence electrons. The molecule has 0 aliphatic rings. The molecule has 0 spiro atoms. The summed E-state index contributed by atoms with van der Waals surface area (Å²) in [5, 5.41) is 10.1. The Morgan fingerprint density at radius 2 is 0.932 bits per heavy atom. The average Bonchev–Trinajstić information content (AvgIpc) is 3.43. The Morgan fingerprint density at radius 1 is 0.364 bits per heavy atom. The summed E-state index contributed by atoms with van der Waals surface area (Å²) in [5.41, 5.74) is 6.95. The lowest BCUT2D eigenvalue weighted by Crippen LogP contribution is -2.11. The molecule has 0 N–H and O–H groups in total. The normalized spacial score (nSPS) is 11.6. The molecule has 1 heterocycles. The zero-order valence-electron chi connectivity index (χ0n) is 24.1. The minimum atomic E-state index is 1.11. The van der Waals surface area contributed by atoms with Gasteiger partial charge in [-0.1, -0.05) is 121 Å². The number of para-hydroxylation sites is 3. The SMILES string of the molecule is c1ccc(N(c2cccc(-n3c4ccccc4c4ccccc43)c2)c2cc3ccc4ccccc4c3c3ccccc23)cc1. The minimum Gasteiger partial charge on any atom is -0.310 e. The molecule has 0 bridgehead atoms. The van der Waals surface area contributed by atoms with Crippen LogP contribution in [0.25, 0.3) is 59.8 Å². The van der Waals surface area contributed by atoms with Gasteiger partial charge in [0.25, 0.3) is 0 Å². The highest BCUT2D eigenvalue weighted by atomic mass is 15.1. The van der Waals surface area contributed by atoms with Crippen molar-refractivity contribution in [2.45, 2.75) is 0 Å². The molecule has 0 aliphatic heterocycles. The molecule has 1 aromatic heterocycles. The highest BCUT2D eigenvalue weighted by Gasteiger charge is 2.19. The topological polar surface area (TPSA) is 8.17 Å². The predicted octanol–water partition coefficient (Wildman–Crippen LogP) is 11.7. The van der Waals surface area contributed by atoms with E-state index >= 15 is 0 Å². The van der Waals surface area contributed by atoms with Gasteiger partial charge < -0.3 is 9.47 Å². The van der Waals surface area contributed by atoms with Crippen LogP contribution in [0.15, 0.2) is 170 Å². The van der Waals surface area contributed by atoms with E-state index in [-0.39, 0.29) is 0 Å². The van der Waals surface area contributed by atoms with Crippen LogP contribution < -0.4 is 4.90 Å². The standard InChI is InChI=1S/C42H28N2/c1-2-14-31(15-3-1)43(41-27-30-26-25-29-13-4-5-18-34(29)42(30)38-22-7-6-21-37(38)41)32-16-12-17-33(28-32)44-39-23-10-8-19-35(39)36-20-9-11-24-40(36)44/h1-28H. The molecule has 9 rings (SSSR count). The number of nitrogens with zero attached hydrogens (tertiary/aromatic N) is 2. The largest absolute Gasteiger partial charge is 0.310 e. The second-order valence-electron chi connectivity index (χ2n) is 11.4. The maximum Gasteiger partial charge on any atom is 0.0546 e. The predicted molar refractivity (Wildman–Crippen MR) is 188 cm³/mol. The van der Waals surface area contributed by atoms with Gasteiger partial charge in [-0.25, -0.2) is 0 Å². The van der Waals surface area contributed by atoms with E-state index in [1.54, 1.807) is 0 Å². The van der Waals surface area contributed by atoms with Crippen LogP contribution in [0, 0.1) is 0 Å². The Balaban J connectivity index is 1.33. The zero-order chi connectivity index (χ0) is 29.0. The lowest BCUT2D eigenvalue weighted by atomic mass is 9.94. The van der Waals surface area contributed by atoms with E-state index in [1.165, 1.54) is 54.1 Å². The smallest absolute Gasteiger partial charge is 0.0546 e. The maximum absolute atomic E-state index is 2.41. The van der Waals surface area contributed by atoms with Crippen molar-refractivity contribution in [1.82, 2.24) is 4.57 Å². The Kier molecular flexibility index (Phi) is 5.54. The van der Waals surface area contributed by atoms with E-state index in [1.807, 2.05) is 0 Å². The summed E-state index contributed by atoms with van der Waals surface area (Å²) in [6, 6.07) is 61.5. The third-order valence-electron chi connectivity index (χ3n) is 8.91. The lowest BCUT2D eigenvalue weighted by Gasteiger charge is -2.28. The third-order valence-corrected chi connectivity index (χ3v) is 8.91. The first-order chi connectivity index (χ1) is 21.8. The van der Waals surface area contributed by atoms with Crippen LogP contribution in [-0.4, -0.2) is 4.57 Å². The molecular formula is C42H28N2. The van der Waals surface area contributed by atoms with Crippen LogP contribution in [0.4, 0.5) is 17.1 Å². The molecule has 9 aromatic rings. The van der Waals surface area contributed by atoms with Crippen molar-refractivity contribution in [3.05, 3.63) is 170 Å². The minimum absolute atomic E-state index is 1.11. The van der Waals surface area contributed by atoms with Crippen molar-refractivity contribution in [3.8, 4) is 5.69 Å². The molecule has 0 amide bonds. The Morgan fingerprint density at radius 3 is 1.68 bits per heavy atom. The molecule has 0 fully saturated rings. The summed E-state index contributed by atoms with van der Waals surface area (Å²) in [4.78, 5) is 2.41. The van der Waals surface area contributed by atoms with E-state index in [2.05, 4.69) is 179 Å². The lowest BCUT2D eigenvalue weighted by molar-refractivity contribution is 1.17. The van der Waals surface area contributed by atoms with Crippen LogP contribution >= 0.6 is 0 Å². The summed E-state index contributed by atoms with van der Waals surface area (Å²) < 4.78 is 2.39. The van der Waals surface area contributed by atoms with E-state index in [9.17, 15) is 0 Å². The highest BCUT2D eigenvalue weighted by molar-refractivity contribution is 6.23. The quantitative estimate of drug-likeness (QED) is 0.194. The maximum atomic E-state index is 2.41. The number of hydrogen-bond acceptors (Lipinski definition) is 1. The van der Waals surface area contributed by atoms with Gasteiger partial charge >= 0.3 is 0 Å². The van der Waals surface area contributed by atoms with Crippen molar-refractivity contribution in [2.24, 2.45) is 0 Å². The molecule has 0 saturated carbocycles. The Bertz CT molecular complexity index is 2450. The van der Waals surface area contributed by atoms with Crippen molar-refractivity contribution in [1.29, 1.82) is 0 Å².